The summed E-state index contributed by atoms with van der Waals surface area (Å²) in [4.78, 5) is 110. The minimum atomic E-state index is -4.79. The van der Waals surface area contributed by atoms with Gasteiger partial charge < -0.3 is 41.1 Å². The topological polar surface area (TPSA) is 389 Å². The molecule has 1 saturated heterocycles. The lowest BCUT2D eigenvalue weighted by molar-refractivity contribution is -0.140. The van der Waals surface area contributed by atoms with Crippen molar-refractivity contribution >= 4 is 67.5 Å². The van der Waals surface area contributed by atoms with Crippen LogP contribution in [0.1, 0.15) is 85.9 Å². The molecule has 1 aromatic heterocycles. The van der Waals surface area contributed by atoms with Gasteiger partial charge in [-0.1, -0.05) is 6.07 Å². The average Bonchev–Trinajstić information content (AvgIpc) is 3.36. The van der Waals surface area contributed by atoms with Gasteiger partial charge >= 0.3 is 23.9 Å². The summed E-state index contributed by atoms with van der Waals surface area (Å²) in [5, 5.41) is 45.7. The zero-order chi connectivity index (χ0) is 59.0. The SMILES string of the molecule is Cc1cc(OCCCC(=O)NCCCC(=O)[C@H](CS(=O)(=O)O)NC(=O)CN2CCN(CC(=O)O)CCN(CC(=O)O)CCN(CC(=O)O)CC2)cc(C)c1S(=O)(=O)N[C@@H](CNC(=O)CCCCc1ccc2c(n1)CCCC2)C(=O)O. The molecule has 446 valence electrons. The Bertz CT molecular complexity index is 2660. The van der Waals surface area contributed by atoms with Crippen molar-refractivity contribution in [2.24, 2.45) is 0 Å². The summed E-state index contributed by atoms with van der Waals surface area (Å²) in [6.07, 6.45) is 6.24. The van der Waals surface area contributed by atoms with Crippen molar-refractivity contribution in [3.63, 3.8) is 0 Å². The third kappa shape index (κ3) is 25.1. The minimum Gasteiger partial charge on any atom is -0.494 e. The first-order valence-electron chi connectivity index (χ1n) is 26.6. The van der Waals surface area contributed by atoms with Crippen LogP contribution < -0.4 is 25.4 Å². The highest BCUT2D eigenvalue weighted by atomic mass is 32.2. The van der Waals surface area contributed by atoms with Crippen molar-refractivity contribution in [1.82, 2.24) is 45.3 Å². The molecule has 0 bridgehead atoms. The lowest BCUT2D eigenvalue weighted by Crippen LogP contribution is -2.52. The molecule has 80 heavy (non-hydrogen) atoms. The number of hydrogen-bond donors (Lipinski definition) is 9. The van der Waals surface area contributed by atoms with Gasteiger partial charge in [0.2, 0.25) is 27.7 Å². The van der Waals surface area contributed by atoms with Crippen LogP contribution in [-0.2, 0) is 77.8 Å². The number of benzene rings is 1. The van der Waals surface area contributed by atoms with Gasteiger partial charge in [0.15, 0.2) is 5.78 Å². The summed E-state index contributed by atoms with van der Waals surface area (Å²) < 4.78 is 68.5. The van der Waals surface area contributed by atoms with E-state index in [1.807, 2.05) is 6.07 Å². The number of carbonyl (C=O) groups excluding carboxylic acids is 4. The molecule has 0 spiro atoms. The zero-order valence-corrected chi connectivity index (χ0v) is 47.0. The number of fused-ring (bicyclic) bond motifs is 1. The van der Waals surface area contributed by atoms with E-state index in [0.717, 1.165) is 37.1 Å². The third-order valence-corrected chi connectivity index (χ3v) is 15.9. The molecule has 0 radical (unpaired) electrons. The fourth-order valence-electron chi connectivity index (χ4n) is 9.34. The van der Waals surface area contributed by atoms with Gasteiger partial charge in [-0.2, -0.15) is 13.1 Å². The highest BCUT2D eigenvalue weighted by Gasteiger charge is 2.30. The number of amides is 3. The predicted molar refractivity (Wildman–Crippen MR) is 288 cm³/mol. The second kappa shape index (κ2) is 32.9. The molecule has 29 heteroatoms. The molecular weight excluding hydrogens is 1090 g/mol. The molecule has 1 aromatic carbocycles. The first-order valence-corrected chi connectivity index (χ1v) is 29.7. The van der Waals surface area contributed by atoms with E-state index in [2.05, 4.69) is 26.7 Å². The highest BCUT2D eigenvalue weighted by molar-refractivity contribution is 7.89. The normalized spacial score (nSPS) is 16.2. The first-order chi connectivity index (χ1) is 37.8. The predicted octanol–water partition coefficient (Wildman–Crippen LogP) is -0.690. The van der Waals surface area contributed by atoms with Gasteiger partial charge in [0.1, 0.15) is 23.6 Å². The number of ketones is 1. The number of Topliss-reactive ketones (excluding diaryl/α,β-unsaturated/α-hetero) is 1. The Morgan fingerprint density at radius 3 is 1.70 bits per heavy atom. The van der Waals surface area contributed by atoms with Crippen LogP contribution in [0.3, 0.4) is 0 Å². The molecule has 9 N–H and O–H groups in total. The van der Waals surface area contributed by atoms with Crippen LogP contribution in [0, 0.1) is 13.8 Å². The number of aryl methyl sites for hydroxylation is 5. The van der Waals surface area contributed by atoms with E-state index in [9.17, 15) is 80.2 Å². The number of unbranched alkanes of at least 4 members (excludes halogenated alkanes) is 1. The molecule has 2 atom stereocenters. The second-order valence-corrected chi connectivity index (χ2v) is 23.2. The highest BCUT2D eigenvalue weighted by Crippen LogP contribution is 2.26. The Morgan fingerprint density at radius 1 is 0.637 bits per heavy atom. The van der Waals surface area contributed by atoms with Crippen molar-refractivity contribution in [3.05, 3.63) is 52.3 Å². The Kier molecular flexibility index (Phi) is 27.3. The number of aromatic nitrogens is 1. The first kappa shape index (κ1) is 66.3. The lowest BCUT2D eigenvalue weighted by atomic mass is 9.95. The van der Waals surface area contributed by atoms with Crippen molar-refractivity contribution in [1.29, 1.82) is 0 Å². The summed E-state index contributed by atoms with van der Waals surface area (Å²) in [5.74, 6) is -8.18. The summed E-state index contributed by atoms with van der Waals surface area (Å²) in [7, 11) is -9.20. The molecule has 0 saturated carbocycles. The molecule has 27 nitrogen and oxygen atoms in total. The maximum absolute atomic E-state index is 13.5. The zero-order valence-electron chi connectivity index (χ0n) is 45.4. The van der Waals surface area contributed by atoms with Crippen LogP contribution in [0.4, 0.5) is 0 Å². The number of aliphatic carboxylic acids is 4. The molecule has 2 aliphatic rings. The van der Waals surface area contributed by atoms with Crippen LogP contribution in [0.2, 0.25) is 0 Å². The molecule has 1 fully saturated rings. The molecule has 1 aliphatic carbocycles. The fourth-order valence-corrected chi connectivity index (χ4v) is 11.7. The van der Waals surface area contributed by atoms with E-state index in [4.69, 9.17) is 9.72 Å². The summed E-state index contributed by atoms with van der Waals surface area (Å²) >= 11 is 0. The lowest BCUT2D eigenvalue weighted by Gasteiger charge is -2.33. The van der Waals surface area contributed by atoms with Crippen LogP contribution >= 0.6 is 0 Å². The number of carbonyl (C=O) groups is 8. The van der Waals surface area contributed by atoms with Gasteiger partial charge in [0.25, 0.3) is 10.1 Å². The number of nitrogens with one attached hydrogen (secondary N) is 4. The van der Waals surface area contributed by atoms with Crippen LogP contribution in [0.5, 0.6) is 5.75 Å². The molecule has 1 aliphatic heterocycles. The number of nitrogens with zero attached hydrogens (tertiary/aromatic N) is 5. The van der Waals surface area contributed by atoms with Gasteiger partial charge in [-0.15, -0.1) is 0 Å². The van der Waals surface area contributed by atoms with Gasteiger partial charge in [0.05, 0.1) is 37.7 Å². The molecule has 0 unspecified atom stereocenters. The van der Waals surface area contributed by atoms with Gasteiger partial charge in [-0.3, -0.25) is 67.5 Å². The van der Waals surface area contributed by atoms with Crippen molar-refractivity contribution in [3.8, 4) is 5.75 Å². The summed E-state index contributed by atoms with van der Waals surface area (Å²) in [6.45, 7) is 1.84. The number of pyridine rings is 1. The summed E-state index contributed by atoms with van der Waals surface area (Å²) in [6, 6.07) is 3.69. The van der Waals surface area contributed by atoms with E-state index in [0.29, 0.717) is 19.3 Å². The van der Waals surface area contributed by atoms with E-state index < -0.39 is 112 Å². The number of hydrogen-bond acceptors (Lipinski definition) is 18. The monoisotopic (exact) mass is 1170 g/mol. The number of ether oxygens (including phenoxy) is 1. The Hall–Kier alpha value is -6.21. The van der Waals surface area contributed by atoms with E-state index >= 15 is 0 Å². The minimum absolute atomic E-state index is 0.0210. The standard InChI is InChI=1S/C51H77N9O18S2/c1-35-27-39(28-36(2)50(35)80(76,77)56-41(51(71)72)29-53-45(63)13-6-4-10-38-16-15-37-9-3-5-11-40(37)54-38)78-26-8-14-44(62)52-17-7-12-43(61)42(34-79(73,74)75)55-46(64)30-57-18-20-58(31-47(65)66)22-24-60(33-49(69)70)25-23-59(21-19-57)32-48(67)68/h15-16,27-28,41-42,56H,3-14,17-26,29-34H2,1-2H3,(H,52,62)(H,53,63)(H,55,64)(H,65,66)(H,67,68)(H,69,70)(H,71,72)(H,73,74,75)/t41-,42-/m0/s1. The van der Waals surface area contributed by atoms with Crippen molar-refractivity contribution < 1.29 is 84.9 Å². The number of carboxylic acid groups (broad SMARTS) is 4. The molecule has 2 aromatic rings. The molecular formula is C51H77N9O18S2. The van der Waals surface area contributed by atoms with Crippen molar-refractivity contribution in [2.45, 2.75) is 108 Å². The Labute approximate surface area is 466 Å². The Balaban J connectivity index is 1.20. The van der Waals surface area contributed by atoms with Crippen LogP contribution in [-0.4, -0.2) is 230 Å². The second-order valence-electron chi connectivity index (χ2n) is 20.1. The fraction of sp³-hybridized carbons (Fsp3) is 0.627. The van der Waals surface area contributed by atoms with Gasteiger partial charge in [0, 0.05) is 96.1 Å². The Morgan fingerprint density at radius 2 is 1.16 bits per heavy atom. The smallest absolute Gasteiger partial charge is 0.323 e. The van der Waals surface area contributed by atoms with E-state index in [-0.39, 0.29) is 126 Å². The third-order valence-electron chi connectivity index (χ3n) is 13.3. The summed E-state index contributed by atoms with van der Waals surface area (Å²) in [5.41, 5.74) is 3.88. The molecule has 4 rings (SSSR count). The number of sulfonamides is 1. The van der Waals surface area contributed by atoms with E-state index in [1.54, 1.807) is 19.6 Å². The van der Waals surface area contributed by atoms with Crippen molar-refractivity contribution in [2.75, 3.05) is 104 Å². The van der Waals surface area contributed by atoms with Crippen LogP contribution in [0.25, 0.3) is 0 Å². The maximum atomic E-state index is 13.5. The largest absolute Gasteiger partial charge is 0.494 e. The van der Waals surface area contributed by atoms with Crippen LogP contribution in [0.15, 0.2) is 29.2 Å². The number of rotatable bonds is 32. The van der Waals surface area contributed by atoms with E-state index in [1.165, 1.54) is 31.5 Å². The van der Waals surface area contributed by atoms with Gasteiger partial charge in [-0.05, 0) is 107 Å². The molecule has 2 heterocycles. The quantitative estimate of drug-likeness (QED) is 0.0323. The maximum Gasteiger partial charge on any atom is 0.323 e. The average molecular weight is 1170 g/mol. The van der Waals surface area contributed by atoms with Gasteiger partial charge in [-0.25, -0.2) is 8.42 Å². The number of carboxylic acids is 4. The molecule has 3 amide bonds.